The van der Waals surface area contributed by atoms with Gasteiger partial charge in [-0.15, -0.1) is 11.3 Å². The fraction of sp³-hybridized carbons (Fsp3) is 0.222. The molecule has 0 fully saturated rings. The van der Waals surface area contributed by atoms with E-state index in [0.29, 0.717) is 6.42 Å². The molecule has 0 aliphatic carbocycles. The minimum absolute atomic E-state index is 0.0135. The Hall–Kier alpha value is -2.24. The van der Waals surface area contributed by atoms with Crippen molar-refractivity contribution in [1.29, 1.82) is 0 Å². The van der Waals surface area contributed by atoms with Gasteiger partial charge in [0.15, 0.2) is 0 Å². The highest BCUT2D eigenvalue weighted by molar-refractivity contribution is 7.11. The maximum Gasteiger partial charge on any atom is 0.231 e. The van der Waals surface area contributed by atoms with Crippen molar-refractivity contribution in [3.63, 3.8) is 0 Å². The van der Waals surface area contributed by atoms with Crippen LogP contribution < -0.4 is 10.6 Å². The number of aromatic nitrogens is 1. The smallest absolute Gasteiger partial charge is 0.231 e. The molecule has 1 aromatic heterocycles. The van der Waals surface area contributed by atoms with E-state index in [1.807, 2.05) is 42.5 Å². The van der Waals surface area contributed by atoms with Crippen molar-refractivity contribution in [3.05, 3.63) is 58.0 Å². The van der Waals surface area contributed by atoms with E-state index < -0.39 is 0 Å². The van der Waals surface area contributed by atoms with E-state index in [1.54, 1.807) is 11.3 Å². The van der Waals surface area contributed by atoms with Crippen molar-refractivity contribution in [2.75, 3.05) is 11.9 Å². The van der Waals surface area contributed by atoms with Crippen LogP contribution in [0.1, 0.15) is 15.6 Å². The first-order valence-electron chi connectivity index (χ1n) is 7.75. The summed E-state index contributed by atoms with van der Waals surface area (Å²) in [6.45, 7) is 1.84. The molecule has 0 saturated heterocycles. The standard InChI is InChI=1S/C18H17N3OS/c22-17(10-18-21-15-8-9-19-11-16(15)23-18)20-14-7-3-5-12-4-1-2-6-13(12)14/h1-7,19H,8-11H2,(H,20,22). The van der Waals surface area contributed by atoms with Crippen molar-refractivity contribution >= 4 is 33.7 Å². The second-order valence-electron chi connectivity index (χ2n) is 5.66. The van der Waals surface area contributed by atoms with Crippen LogP contribution in [0, 0.1) is 0 Å². The topological polar surface area (TPSA) is 54.0 Å². The van der Waals surface area contributed by atoms with Gasteiger partial charge in [-0.1, -0.05) is 36.4 Å². The summed E-state index contributed by atoms with van der Waals surface area (Å²) < 4.78 is 0. The number of nitrogens with zero attached hydrogens (tertiary/aromatic N) is 1. The lowest BCUT2D eigenvalue weighted by molar-refractivity contribution is -0.115. The molecule has 116 valence electrons. The average Bonchev–Trinajstić information content (AvgIpc) is 2.97. The van der Waals surface area contributed by atoms with Gasteiger partial charge in [-0.3, -0.25) is 4.79 Å². The number of hydrogen-bond donors (Lipinski definition) is 2. The van der Waals surface area contributed by atoms with Gasteiger partial charge in [0.2, 0.25) is 5.91 Å². The van der Waals surface area contributed by atoms with Crippen molar-refractivity contribution in [2.24, 2.45) is 0 Å². The van der Waals surface area contributed by atoms with Crippen LogP contribution in [0.2, 0.25) is 0 Å². The highest BCUT2D eigenvalue weighted by Crippen LogP contribution is 2.24. The number of carbonyl (C=O) groups excluding carboxylic acids is 1. The van der Waals surface area contributed by atoms with E-state index in [1.165, 1.54) is 4.88 Å². The van der Waals surface area contributed by atoms with Gasteiger partial charge in [-0.2, -0.15) is 0 Å². The normalized spacial score (nSPS) is 13.7. The quantitative estimate of drug-likeness (QED) is 0.778. The van der Waals surface area contributed by atoms with Crippen LogP contribution in [0.25, 0.3) is 10.8 Å². The largest absolute Gasteiger partial charge is 0.325 e. The minimum Gasteiger partial charge on any atom is -0.325 e. The summed E-state index contributed by atoms with van der Waals surface area (Å²) in [6.07, 6.45) is 1.29. The number of rotatable bonds is 3. The molecule has 3 aromatic rings. The van der Waals surface area contributed by atoms with Gasteiger partial charge in [0, 0.05) is 35.5 Å². The Labute approximate surface area is 138 Å². The Morgan fingerprint density at radius 2 is 2.09 bits per heavy atom. The third-order valence-corrected chi connectivity index (χ3v) is 5.12. The third kappa shape index (κ3) is 2.98. The summed E-state index contributed by atoms with van der Waals surface area (Å²) in [4.78, 5) is 18.3. The summed E-state index contributed by atoms with van der Waals surface area (Å²) in [6, 6.07) is 14.0. The third-order valence-electron chi connectivity index (χ3n) is 4.02. The molecule has 0 radical (unpaired) electrons. The Kier molecular flexibility index (Phi) is 3.81. The molecule has 1 amide bonds. The summed E-state index contributed by atoms with van der Waals surface area (Å²) in [5, 5.41) is 9.45. The van der Waals surface area contributed by atoms with Gasteiger partial charge in [-0.05, 0) is 11.5 Å². The van der Waals surface area contributed by atoms with Crippen molar-refractivity contribution in [3.8, 4) is 0 Å². The second-order valence-corrected chi connectivity index (χ2v) is 6.82. The van der Waals surface area contributed by atoms with Gasteiger partial charge >= 0.3 is 0 Å². The lowest BCUT2D eigenvalue weighted by atomic mass is 10.1. The molecule has 0 spiro atoms. The van der Waals surface area contributed by atoms with E-state index in [0.717, 1.165) is 46.7 Å². The zero-order chi connectivity index (χ0) is 15.6. The molecule has 0 saturated carbocycles. The van der Waals surface area contributed by atoms with E-state index in [2.05, 4.69) is 15.6 Å². The fourth-order valence-corrected chi connectivity index (χ4v) is 4.00. The van der Waals surface area contributed by atoms with Crippen LogP contribution in [0.15, 0.2) is 42.5 Å². The lowest BCUT2D eigenvalue weighted by Gasteiger charge is -2.09. The molecule has 2 aromatic carbocycles. The highest BCUT2D eigenvalue weighted by atomic mass is 32.1. The number of hydrogen-bond acceptors (Lipinski definition) is 4. The molecule has 0 bridgehead atoms. The first-order valence-corrected chi connectivity index (χ1v) is 8.57. The van der Waals surface area contributed by atoms with Crippen LogP contribution in [0.4, 0.5) is 5.69 Å². The Morgan fingerprint density at radius 3 is 3.00 bits per heavy atom. The van der Waals surface area contributed by atoms with E-state index in [-0.39, 0.29) is 5.91 Å². The lowest BCUT2D eigenvalue weighted by Crippen LogP contribution is -2.22. The maximum absolute atomic E-state index is 12.4. The van der Waals surface area contributed by atoms with E-state index in [4.69, 9.17) is 0 Å². The van der Waals surface area contributed by atoms with Crippen LogP contribution in [0.3, 0.4) is 0 Å². The van der Waals surface area contributed by atoms with Crippen LogP contribution in [-0.2, 0) is 24.2 Å². The summed E-state index contributed by atoms with van der Waals surface area (Å²) in [7, 11) is 0. The molecule has 4 nitrogen and oxygen atoms in total. The van der Waals surface area contributed by atoms with Crippen LogP contribution >= 0.6 is 11.3 Å². The molecular weight excluding hydrogens is 306 g/mol. The molecule has 23 heavy (non-hydrogen) atoms. The van der Waals surface area contributed by atoms with Gasteiger partial charge in [0.05, 0.1) is 12.1 Å². The average molecular weight is 323 g/mol. The van der Waals surface area contributed by atoms with Crippen molar-refractivity contribution in [2.45, 2.75) is 19.4 Å². The molecule has 1 aliphatic rings. The zero-order valence-corrected chi connectivity index (χ0v) is 13.5. The number of benzene rings is 2. The molecule has 0 atom stereocenters. The fourth-order valence-electron chi connectivity index (χ4n) is 2.92. The van der Waals surface area contributed by atoms with Crippen LogP contribution in [0.5, 0.6) is 0 Å². The molecular formula is C18H17N3OS. The monoisotopic (exact) mass is 323 g/mol. The van der Waals surface area contributed by atoms with Gasteiger partial charge < -0.3 is 10.6 Å². The number of nitrogens with one attached hydrogen (secondary N) is 2. The molecule has 1 aliphatic heterocycles. The zero-order valence-electron chi connectivity index (χ0n) is 12.6. The van der Waals surface area contributed by atoms with Crippen LogP contribution in [-0.4, -0.2) is 17.4 Å². The van der Waals surface area contributed by atoms with Crippen molar-refractivity contribution in [1.82, 2.24) is 10.3 Å². The van der Waals surface area contributed by atoms with E-state index >= 15 is 0 Å². The van der Waals surface area contributed by atoms with Crippen molar-refractivity contribution < 1.29 is 4.79 Å². The minimum atomic E-state index is -0.0135. The molecule has 2 heterocycles. The van der Waals surface area contributed by atoms with Gasteiger partial charge in [-0.25, -0.2) is 4.98 Å². The highest BCUT2D eigenvalue weighted by Gasteiger charge is 2.16. The predicted octanol–water partition coefficient (Wildman–Crippen LogP) is 3.12. The first-order chi connectivity index (χ1) is 11.3. The number of fused-ring (bicyclic) bond motifs is 2. The Bertz CT molecular complexity index is 843. The van der Waals surface area contributed by atoms with Gasteiger partial charge in [0.1, 0.15) is 5.01 Å². The predicted molar refractivity (Wildman–Crippen MR) is 93.8 cm³/mol. The molecule has 2 N–H and O–H groups in total. The second kappa shape index (κ2) is 6.10. The number of amides is 1. The first kappa shape index (κ1) is 14.4. The summed E-state index contributed by atoms with van der Waals surface area (Å²) in [5.41, 5.74) is 2.01. The summed E-state index contributed by atoms with van der Waals surface area (Å²) in [5.74, 6) is -0.0135. The number of anilines is 1. The molecule has 5 heteroatoms. The SMILES string of the molecule is O=C(Cc1nc2c(s1)CNCC2)Nc1cccc2ccccc12. The molecule has 0 unspecified atom stereocenters. The van der Waals surface area contributed by atoms with Gasteiger partial charge in [0.25, 0.3) is 0 Å². The molecule has 4 rings (SSSR count). The Morgan fingerprint density at radius 1 is 1.22 bits per heavy atom. The van der Waals surface area contributed by atoms with E-state index in [9.17, 15) is 4.79 Å². The number of carbonyl (C=O) groups is 1. The number of thiazole rings is 1. The maximum atomic E-state index is 12.4. The summed E-state index contributed by atoms with van der Waals surface area (Å²) >= 11 is 1.64. The Balaban J connectivity index is 1.52.